The van der Waals surface area contributed by atoms with Crippen LogP contribution in [0.2, 0.25) is 0 Å². The molecule has 1 aromatic rings. The molecule has 0 aliphatic rings. The van der Waals surface area contributed by atoms with Crippen molar-refractivity contribution in [1.82, 2.24) is 0 Å². The average Bonchev–Trinajstić information content (AvgIpc) is 2.27. The van der Waals surface area contributed by atoms with E-state index in [1.807, 2.05) is 12.1 Å². The molecular formula is C13H21NO. The fraction of sp³-hybridized carbons (Fsp3) is 0.538. The monoisotopic (exact) mass is 207 g/mol. The highest BCUT2D eigenvalue weighted by Gasteiger charge is 2.14. The summed E-state index contributed by atoms with van der Waals surface area (Å²) < 4.78 is 5.11. The molecule has 2 heteroatoms. The summed E-state index contributed by atoms with van der Waals surface area (Å²) in [6, 6.07) is 8.19. The second-order valence-corrected chi connectivity index (χ2v) is 4.36. The zero-order valence-electron chi connectivity index (χ0n) is 9.92. The van der Waals surface area contributed by atoms with Gasteiger partial charge in [0, 0.05) is 5.54 Å². The van der Waals surface area contributed by atoms with E-state index in [4.69, 9.17) is 10.5 Å². The number of hydrogen-bond acceptors (Lipinski definition) is 2. The molecule has 1 aromatic carbocycles. The van der Waals surface area contributed by atoms with Crippen LogP contribution in [-0.4, -0.2) is 12.6 Å². The molecule has 84 valence electrons. The molecule has 0 aromatic heterocycles. The average molecular weight is 207 g/mol. The number of nitrogens with two attached hydrogens (primary N) is 1. The quantitative estimate of drug-likeness (QED) is 0.805. The Morgan fingerprint density at radius 3 is 2.33 bits per heavy atom. The Kier molecular flexibility index (Phi) is 4.15. The van der Waals surface area contributed by atoms with Gasteiger partial charge in [0.2, 0.25) is 0 Å². The lowest BCUT2D eigenvalue weighted by atomic mass is 9.92. The molecule has 0 bridgehead atoms. The molecule has 1 rings (SSSR count). The minimum Gasteiger partial charge on any atom is -0.497 e. The number of benzene rings is 1. The van der Waals surface area contributed by atoms with Gasteiger partial charge >= 0.3 is 0 Å². The van der Waals surface area contributed by atoms with Crippen molar-refractivity contribution in [3.63, 3.8) is 0 Å². The van der Waals surface area contributed by atoms with Crippen molar-refractivity contribution in [2.24, 2.45) is 5.73 Å². The van der Waals surface area contributed by atoms with Crippen LogP contribution >= 0.6 is 0 Å². The van der Waals surface area contributed by atoms with Gasteiger partial charge in [-0.1, -0.05) is 19.1 Å². The van der Waals surface area contributed by atoms with E-state index >= 15 is 0 Å². The van der Waals surface area contributed by atoms with Crippen LogP contribution < -0.4 is 10.5 Å². The van der Waals surface area contributed by atoms with Crippen LogP contribution in [0.5, 0.6) is 5.75 Å². The molecule has 0 spiro atoms. The number of methoxy groups -OCH3 is 1. The number of aryl methyl sites for hydroxylation is 1. The Balaban J connectivity index is 2.51. The van der Waals surface area contributed by atoms with Gasteiger partial charge in [-0.15, -0.1) is 0 Å². The SMILES string of the molecule is CCC(C)(N)CCc1ccc(OC)cc1. The molecule has 1 atom stereocenters. The second kappa shape index (κ2) is 5.17. The van der Waals surface area contributed by atoms with Gasteiger partial charge in [0.05, 0.1) is 7.11 Å². The summed E-state index contributed by atoms with van der Waals surface area (Å²) >= 11 is 0. The highest BCUT2D eigenvalue weighted by Crippen LogP contribution is 2.17. The van der Waals surface area contributed by atoms with E-state index in [-0.39, 0.29) is 5.54 Å². The Bertz CT molecular complexity index is 290. The third-order valence-corrected chi connectivity index (χ3v) is 2.95. The normalized spacial score (nSPS) is 14.7. The fourth-order valence-corrected chi connectivity index (χ4v) is 1.40. The van der Waals surface area contributed by atoms with Crippen LogP contribution in [0.15, 0.2) is 24.3 Å². The molecule has 2 nitrogen and oxygen atoms in total. The Morgan fingerprint density at radius 2 is 1.87 bits per heavy atom. The molecule has 0 amide bonds. The summed E-state index contributed by atoms with van der Waals surface area (Å²) in [5, 5.41) is 0. The molecule has 15 heavy (non-hydrogen) atoms. The van der Waals surface area contributed by atoms with Crippen LogP contribution in [-0.2, 0) is 6.42 Å². The fourth-order valence-electron chi connectivity index (χ4n) is 1.40. The maximum absolute atomic E-state index is 6.10. The van der Waals surface area contributed by atoms with Gasteiger partial charge in [-0.3, -0.25) is 0 Å². The first kappa shape index (κ1) is 12.1. The van der Waals surface area contributed by atoms with E-state index in [1.165, 1.54) is 5.56 Å². The molecule has 0 saturated carbocycles. The summed E-state index contributed by atoms with van der Waals surface area (Å²) in [5.74, 6) is 0.907. The first-order chi connectivity index (χ1) is 7.07. The van der Waals surface area contributed by atoms with Crippen molar-refractivity contribution in [3.05, 3.63) is 29.8 Å². The molecule has 0 heterocycles. The Labute approximate surface area is 92.4 Å². The van der Waals surface area contributed by atoms with Crippen molar-refractivity contribution in [2.45, 2.75) is 38.6 Å². The second-order valence-electron chi connectivity index (χ2n) is 4.36. The summed E-state index contributed by atoms with van der Waals surface area (Å²) in [6.45, 7) is 4.24. The molecule has 1 unspecified atom stereocenters. The van der Waals surface area contributed by atoms with E-state index < -0.39 is 0 Å². The topological polar surface area (TPSA) is 35.2 Å². The summed E-state index contributed by atoms with van der Waals surface area (Å²) in [5.41, 5.74) is 7.37. The molecule has 0 aliphatic carbocycles. The highest BCUT2D eigenvalue weighted by atomic mass is 16.5. The maximum atomic E-state index is 6.10. The molecule has 0 radical (unpaired) electrons. The summed E-state index contributed by atoms with van der Waals surface area (Å²) in [7, 11) is 1.68. The lowest BCUT2D eigenvalue weighted by Gasteiger charge is -2.22. The number of rotatable bonds is 5. The molecule has 2 N–H and O–H groups in total. The van der Waals surface area contributed by atoms with Crippen LogP contribution in [0.4, 0.5) is 0 Å². The van der Waals surface area contributed by atoms with E-state index in [0.717, 1.165) is 25.0 Å². The minimum absolute atomic E-state index is 0.0417. The maximum Gasteiger partial charge on any atom is 0.118 e. The van der Waals surface area contributed by atoms with Gasteiger partial charge in [0.15, 0.2) is 0 Å². The van der Waals surface area contributed by atoms with Gasteiger partial charge in [-0.2, -0.15) is 0 Å². The summed E-state index contributed by atoms with van der Waals surface area (Å²) in [4.78, 5) is 0. The van der Waals surface area contributed by atoms with Crippen molar-refractivity contribution in [2.75, 3.05) is 7.11 Å². The molecule has 0 fully saturated rings. The largest absolute Gasteiger partial charge is 0.497 e. The lowest BCUT2D eigenvalue weighted by Crippen LogP contribution is -2.35. The van der Waals surface area contributed by atoms with Gasteiger partial charge in [0.25, 0.3) is 0 Å². The number of hydrogen-bond donors (Lipinski definition) is 1. The Hall–Kier alpha value is -1.02. The predicted octanol–water partition coefficient (Wildman–Crippen LogP) is 2.76. The van der Waals surface area contributed by atoms with Crippen molar-refractivity contribution in [3.8, 4) is 5.75 Å². The van der Waals surface area contributed by atoms with E-state index in [0.29, 0.717) is 0 Å². The van der Waals surface area contributed by atoms with Gasteiger partial charge < -0.3 is 10.5 Å². The van der Waals surface area contributed by atoms with E-state index in [2.05, 4.69) is 26.0 Å². The first-order valence-electron chi connectivity index (χ1n) is 5.49. The molecule has 0 aliphatic heterocycles. The minimum atomic E-state index is -0.0417. The van der Waals surface area contributed by atoms with Crippen molar-refractivity contribution < 1.29 is 4.74 Å². The number of ether oxygens (including phenoxy) is 1. The van der Waals surface area contributed by atoms with Crippen LogP contribution in [0.25, 0.3) is 0 Å². The lowest BCUT2D eigenvalue weighted by molar-refractivity contribution is 0.412. The van der Waals surface area contributed by atoms with Gasteiger partial charge in [0.1, 0.15) is 5.75 Å². The standard InChI is InChI=1S/C13H21NO/c1-4-13(2,14)10-9-11-5-7-12(15-3)8-6-11/h5-8H,4,9-10,14H2,1-3H3. The van der Waals surface area contributed by atoms with E-state index in [9.17, 15) is 0 Å². The summed E-state index contributed by atoms with van der Waals surface area (Å²) in [6.07, 6.45) is 3.07. The van der Waals surface area contributed by atoms with Crippen LogP contribution in [0, 0.1) is 0 Å². The molecule has 0 saturated heterocycles. The van der Waals surface area contributed by atoms with Gasteiger partial charge in [-0.05, 0) is 43.9 Å². The zero-order valence-corrected chi connectivity index (χ0v) is 9.92. The predicted molar refractivity (Wildman–Crippen MR) is 64.2 cm³/mol. The van der Waals surface area contributed by atoms with Gasteiger partial charge in [-0.25, -0.2) is 0 Å². The van der Waals surface area contributed by atoms with Crippen molar-refractivity contribution >= 4 is 0 Å². The third-order valence-electron chi connectivity index (χ3n) is 2.95. The third kappa shape index (κ3) is 3.92. The first-order valence-corrected chi connectivity index (χ1v) is 5.49. The Morgan fingerprint density at radius 1 is 1.27 bits per heavy atom. The van der Waals surface area contributed by atoms with Crippen LogP contribution in [0.3, 0.4) is 0 Å². The van der Waals surface area contributed by atoms with Crippen molar-refractivity contribution in [1.29, 1.82) is 0 Å². The smallest absolute Gasteiger partial charge is 0.118 e. The van der Waals surface area contributed by atoms with Crippen LogP contribution in [0.1, 0.15) is 32.3 Å². The molecular weight excluding hydrogens is 186 g/mol. The van der Waals surface area contributed by atoms with E-state index in [1.54, 1.807) is 7.11 Å². The highest BCUT2D eigenvalue weighted by molar-refractivity contribution is 5.27. The zero-order chi connectivity index (χ0) is 11.3.